The summed E-state index contributed by atoms with van der Waals surface area (Å²) >= 11 is 0.952. The summed E-state index contributed by atoms with van der Waals surface area (Å²) in [4.78, 5) is 35.1. The van der Waals surface area contributed by atoms with Crippen LogP contribution in [0.25, 0.3) is 17.3 Å². The molecule has 0 atom stereocenters. The summed E-state index contributed by atoms with van der Waals surface area (Å²) in [6.07, 6.45) is 1.54. The SMILES string of the molecule is Cc1ccc(-n2c(=O)/c(=C\c3ccc([N+](=O)[O-])cc3)s/c2=C(/C#N)C(N)=O)cc1. The summed E-state index contributed by atoms with van der Waals surface area (Å²) in [5.74, 6) is -0.934. The molecule has 2 aromatic carbocycles. The highest BCUT2D eigenvalue weighted by Gasteiger charge is 2.14. The van der Waals surface area contributed by atoms with E-state index in [1.54, 1.807) is 36.4 Å². The van der Waals surface area contributed by atoms with E-state index in [-0.39, 0.29) is 20.5 Å². The molecule has 3 rings (SSSR count). The first-order chi connectivity index (χ1) is 13.8. The lowest BCUT2D eigenvalue weighted by Gasteiger charge is -2.03. The average Bonchev–Trinajstić information content (AvgIpc) is 2.99. The van der Waals surface area contributed by atoms with Gasteiger partial charge >= 0.3 is 0 Å². The van der Waals surface area contributed by atoms with E-state index in [1.807, 2.05) is 6.92 Å². The van der Waals surface area contributed by atoms with E-state index >= 15 is 0 Å². The summed E-state index contributed by atoms with van der Waals surface area (Å²) < 4.78 is 1.65. The third kappa shape index (κ3) is 3.97. The Kier molecular flexibility index (Phi) is 5.38. The van der Waals surface area contributed by atoms with Gasteiger partial charge in [0.2, 0.25) is 0 Å². The zero-order valence-corrected chi connectivity index (χ0v) is 16.0. The molecular formula is C20H14N4O4S. The fraction of sp³-hybridized carbons (Fsp3) is 0.0500. The molecule has 3 aromatic rings. The number of aromatic nitrogens is 1. The highest BCUT2D eigenvalue weighted by molar-refractivity contribution is 7.07. The normalized spacial score (nSPS) is 12.3. The van der Waals surface area contributed by atoms with Gasteiger partial charge in [0, 0.05) is 12.1 Å². The van der Waals surface area contributed by atoms with Gasteiger partial charge < -0.3 is 5.73 Å². The van der Waals surface area contributed by atoms with Crippen LogP contribution in [-0.4, -0.2) is 15.4 Å². The van der Waals surface area contributed by atoms with E-state index in [1.165, 1.54) is 28.8 Å². The Hall–Kier alpha value is -4.03. The van der Waals surface area contributed by atoms with Crippen molar-refractivity contribution in [1.82, 2.24) is 4.57 Å². The number of hydrogen-bond donors (Lipinski definition) is 1. The van der Waals surface area contributed by atoms with E-state index in [0.29, 0.717) is 11.3 Å². The van der Waals surface area contributed by atoms with Crippen LogP contribution in [0.15, 0.2) is 53.3 Å². The van der Waals surface area contributed by atoms with E-state index in [0.717, 1.165) is 16.9 Å². The minimum atomic E-state index is -0.934. The van der Waals surface area contributed by atoms with Crippen LogP contribution in [0.4, 0.5) is 5.69 Å². The summed E-state index contributed by atoms with van der Waals surface area (Å²) in [6.45, 7) is 1.89. The third-order valence-corrected chi connectivity index (χ3v) is 5.18. The van der Waals surface area contributed by atoms with Crippen molar-refractivity contribution >= 4 is 34.6 Å². The first-order valence-electron chi connectivity index (χ1n) is 8.31. The minimum Gasteiger partial charge on any atom is -0.365 e. The number of thiazole rings is 1. The number of amides is 1. The molecule has 1 heterocycles. The topological polar surface area (TPSA) is 132 Å². The Bertz CT molecular complexity index is 1330. The fourth-order valence-electron chi connectivity index (χ4n) is 2.63. The van der Waals surface area contributed by atoms with Crippen molar-refractivity contribution in [3.05, 3.63) is 89.3 Å². The smallest absolute Gasteiger partial charge is 0.273 e. The number of carbonyl (C=O) groups is 1. The molecule has 0 saturated heterocycles. The molecule has 29 heavy (non-hydrogen) atoms. The lowest BCUT2D eigenvalue weighted by Crippen LogP contribution is -2.32. The molecule has 2 N–H and O–H groups in total. The van der Waals surface area contributed by atoms with Gasteiger partial charge in [-0.05, 0) is 42.8 Å². The molecule has 0 spiro atoms. The zero-order valence-electron chi connectivity index (χ0n) is 15.2. The highest BCUT2D eigenvalue weighted by Crippen LogP contribution is 2.12. The van der Waals surface area contributed by atoms with Gasteiger partial charge in [0.05, 0.1) is 15.1 Å². The summed E-state index contributed by atoms with van der Waals surface area (Å²) in [5.41, 5.74) is 6.54. The van der Waals surface area contributed by atoms with E-state index < -0.39 is 16.4 Å². The third-order valence-electron chi connectivity index (χ3n) is 4.09. The van der Waals surface area contributed by atoms with Crippen molar-refractivity contribution in [1.29, 1.82) is 5.26 Å². The Morgan fingerprint density at radius 2 is 1.83 bits per heavy atom. The molecular weight excluding hydrogens is 392 g/mol. The van der Waals surface area contributed by atoms with Crippen LogP contribution < -0.4 is 20.5 Å². The highest BCUT2D eigenvalue weighted by atomic mass is 32.1. The monoisotopic (exact) mass is 406 g/mol. The lowest BCUT2D eigenvalue weighted by atomic mass is 10.2. The van der Waals surface area contributed by atoms with Crippen molar-refractivity contribution in [2.45, 2.75) is 6.92 Å². The van der Waals surface area contributed by atoms with Gasteiger partial charge in [-0.1, -0.05) is 17.7 Å². The number of nitrogens with zero attached hydrogens (tertiary/aromatic N) is 3. The van der Waals surface area contributed by atoms with Crippen LogP contribution >= 0.6 is 11.3 Å². The first kappa shape index (κ1) is 19.7. The van der Waals surface area contributed by atoms with Gasteiger partial charge in [0.15, 0.2) is 5.57 Å². The van der Waals surface area contributed by atoms with Gasteiger partial charge in [-0.3, -0.25) is 24.3 Å². The maximum Gasteiger partial charge on any atom is 0.273 e. The van der Waals surface area contributed by atoms with Crippen LogP contribution in [0.1, 0.15) is 11.1 Å². The Morgan fingerprint density at radius 3 is 2.34 bits per heavy atom. The van der Waals surface area contributed by atoms with Gasteiger partial charge in [-0.2, -0.15) is 5.26 Å². The number of hydrogen-bond acceptors (Lipinski definition) is 6. The van der Waals surface area contributed by atoms with E-state index in [4.69, 9.17) is 5.73 Å². The Balaban J connectivity index is 2.32. The van der Waals surface area contributed by atoms with E-state index in [9.17, 15) is 25.0 Å². The van der Waals surface area contributed by atoms with Crippen LogP contribution in [0.2, 0.25) is 0 Å². The number of aryl methyl sites for hydroxylation is 1. The number of benzene rings is 2. The number of carbonyl (C=O) groups excluding carboxylic acids is 1. The van der Waals surface area contributed by atoms with Gasteiger partial charge in [-0.15, -0.1) is 11.3 Å². The van der Waals surface area contributed by atoms with Crippen molar-refractivity contribution < 1.29 is 9.72 Å². The first-order valence-corrected chi connectivity index (χ1v) is 9.12. The molecule has 0 fully saturated rings. The molecule has 8 nitrogen and oxygen atoms in total. The molecule has 0 saturated carbocycles. The molecule has 1 amide bonds. The number of nitro benzene ring substituents is 1. The molecule has 144 valence electrons. The Labute approximate surface area is 168 Å². The molecule has 0 unspecified atom stereocenters. The molecule has 0 aliphatic heterocycles. The number of non-ortho nitro benzene ring substituents is 1. The van der Waals surface area contributed by atoms with Gasteiger partial charge in [0.25, 0.3) is 17.2 Å². The van der Waals surface area contributed by atoms with Crippen LogP contribution in [0.5, 0.6) is 0 Å². The summed E-state index contributed by atoms with van der Waals surface area (Å²) in [6, 6.07) is 14.5. The molecule has 1 aromatic heterocycles. The number of nitriles is 1. The number of nitro groups is 1. The second kappa shape index (κ2) is 7.92. The average molecular weight is 406 g/mol. The predicted molar refractivity (Wildman–Crippen MR) is 109 cm³/mol. The molecule has 0 bridgehead atoms. The van der Waals surface area contributed by atoms with Crippen LogP contribution in [-0.2, 0) is 4.79 Å². The Morgan fingerprint density at radius 1 is 1.21 bits per heavy atom. The number of rotatable bonds is 4. The van der Waals surface area contributed by atoms with Gasteiger partial charge in [-0.25, -0.2) is 0 Å². The number of primary amides is 1. The zero-order chi connectivity index (χ0) is 21.1. The summed E-state index contributed by atoms with van der Waals surface area (Å²) in [7, 11) is 0. The molecule has 9 heteroatoms. The van der Waals surface area contributed by atoms with Crippen molar-refractivity contribution in [3.63, 3.8) is 0 Å². The van der Waals surface area contributed by atoms with Gasteiger partial charge in [0.1, 0.15) is 10.7 Å². The van der Waals surface area contributed by atoms with Crippen LogP contribution in [0, 0.1) is 28.4 Å². The maximum absolute atomic E-state index is 13.1. The maximum atomic E-state index is 13.1. The molecule has 0 aliphatic rings. The lowest BCUT2D eigenvalue weighted by molar-refractivity contribution is -0.384. The second-order valence-electron chi connectivity index (χ2n) is 6.09. The van der Waals surface area contributed by atoms with Crippen molar-refractivity contribution in [2.24, 2.45) is 5.73 Å². The quantitative estimate of drug-likeness (QED) is 0.512. The summed E-state index contributed by atoms with van der Waals surface area (Å²) in [5, 5.41) is 20.2. The van der Waals surface area contributed by atoms with Crippen molar-refractivity contribution in [3.8, 4) is 11.8 Å². The largest absolute Gasteiger partial charge is 0.365 e. The standard InChI is InChI=1S/C20H14N4O4S/c1-12-2-6-14(7-3-12)23-19(26)17(29-20(23)16(11-21)18(22)25)10-13-4-8-15(9-5-13)24(27)28/h2-10H,1H3,(H2,22,25)/b17-10+,20-16-. The van der Waals surface area contributed by atoms with Crippen molar-refractivity contribution in [2.75, 3.05) is 0 Å². The minimum absolute atomic E-state index is 0.0695. The predicted octanol–water partition coefficient (Wildman–Crippen LogP) is 1.10. The van der Waals surface area contributed by atoms with Crippen LogP contribution in [0.3, 0.4) is 0 Å². The van der Waals surface area contributed by atoms with E-state index in [2.05, 4.69) is 0 Å². The fourth-order valence-corrected chi connectivity index (χ4v) is 3.74. The molecule has 0 radical (unpaired) electrons. The molecule has 0 aliphatic carbocycles. The number of nitrogens with two attached hydrogens (primary N) is 1. The second-order valence-corrected chi connectivity index (χ2v) is 7.12.